The molecule has 0 amide bonds. The monoisotopic (exact) mass is 264 g/mol. The molecule has 3 heteroatoms. The van der Waals surface area contributed by atoms with Crippen molar-refractivity contribution >= 4 is 16.7 Å². The molecule has 0 aliphatic rings. The molecule has 0 atom stereocenters. The van der Waals surface area contributed by atoms with Crippen LogP contribution in [-0.4, -0.2) is 10.1 Å². The first-order chi connectivity index (χ1) is 9.72. The first kappa shape index (κ1) is 12.5. The largest absolute Gasteiger partial charge is 0.508 e. The molecule has 0 bridgehead atoms. The number of phenols is 1. The minimum atomic E-state index is 0.240. The molecule has 2 aromatic carbocycles. The zero-order chi connectivity index (χ0) is 13.9. The summed E-state index contributed by atoms with van der Waals surface area (Å²) < 4.78 is 0. The third-order valence-corrected chi connectivity index (χ3v) is 3.32. The Morgan fingerprint density at radius 1 is 1.05 bits per heavy atom. The van der Waals surface area contributed by atoms with Crippen LogP contribution in [0.15, 0.2) is 54.6 Å². The number of nitrogens with one attached hydrogen (secondary N) is 1. The van der Waals surface area contributed by atoms with E-state index >= 15 is 0 Å². The van der Waals surface area contributed by atoms with Crippen LogP contribution in [0.2, 0.25) is 0 Å². The van der Waals surface area contributed by atoms with Crippen LogP contribution in [-0.2, 0) is 6.54 Å². The molecule has 0 unspecified atom stereocenters. The number of anilines is 1. The van der Waals surface area contributed by atoms with Crippen LogP contribution in [0.1, 0.15) is 11.1 Å². The highest BCUT2D eigenvalue weighted by atomic mass is 16.3. The minimum absolute atomic E-state index is 0.240. The van der Waals surface area contributed by atoms with Gasteiger partial charge in [0.25, 0.3) is 0 Å². The minimum Gasteiger partial charge on any atom is -0.508 e. The van der Waals surface area contributed by atoms with E-state index in [-0.39, 0.29) is 5.75 Å². The quantitative estimate of drug-likeness (QED) is 0.755. The molecule has 3 rings (SSSR count). The number of hydrogen-bond acceptors (Lipinski definition) is 3. The van der Waals surface area contributed by atoms with E-state index in [1.54, 1.807) is 12.1 Å². The van der Waals surface area contributed by atoms with E-state index in [0.29, 0.717) is 0 Å². The Kier molecular flexibility index (Phi) is 3.25. The zero-order valence-electron chi connectivity index (χ0n) is 11.3. The average Bonchev–Trinajstić information content (AvgIpc) is 2.46. The maximum atomic E-state index is 9.56. The smallest absolute Gasteiger partial charge is 0.127 e. The predicted molar refractivity (Wildman–Crippen MR) is 81.9 cm³/mol. The van der Waals surface area contributed by atoms with Crippen molar-refractivity contribution in [2.45, 2.75) is 13.5 Å². The van der Waals surface area contributed by atoms with Crippen molar-refractivity contribution < 1.29 is 5.11 Å². The fraction of sp³-hybridized carbons (Fsp3) is 0.118. The van der Waals surface area contributed by atoms with Gasteiger partial charge in [-0.05, 0) is 36.2 Å². The van der Waals surface area contributed by atoms with E-state index in [9.17, 15) is 5.11 Å². The summed E-state index contributed by atoms with van der Waals surface area (Å²) in [6, 6.07) is 17.5. The fourth-order valence-corrected chi connectivity index (χ4v) is 2.27. The Bertz CT molecular complexity index is 739. The topological polar surface area (TPSA) is 45.2 Å². The lowest BCUT2D eigenvalue weighted by Gasteiger charge is -2.09. The lowest BCUT2D eigenvalue weighted by atomic mass is 10.1. The first-order valence-electron chi connectivity index (χ1n) is 6.60. The number of phenolic OH excluding ortho intramolecular Hbond substituents is 1. The molecule has 1 heterocycles. The van der Waals surface area contributed by atoms with Gasteiger partial charge in [-0.1, -0.05) is 30.3 Å². The molecular formula is C17H16N2O. The van der Waals surface area contributed by atoms with Crippen LogP contribution in [0.3, 0.4) is 0 Å². The van der Waals surface area contributed by atoms with Crippen LogP contribution in [0, 0.1) is 6.92 Å². The molecule has 0 saturated carbocycles. The van der Waals surface area contributed by atoms with Gasteiger partial charge in [0.05, 0.1) is 5.52 Å². The normalized spacial score (nSPS) is 10.7. The van der Waals surface area contributed by atoms with Crippen LogP contribution in [0.4, 0.5) is 5.82 Å². The summed E-state index contributed by atoms with van der Waals surface area (Å²) in [6.45, 7) is 2.78. The van der Waals surface area contributed by atoms with Crippen molar-refractivity contribution in [2.24, 2.45) is 0 Å². The summed E-state index contributed by atoms with van der Waals surface area (Å²) in [5, 5.41) is 13.9. The summed E-state index contributed by atoms with van der Waals surface area (Å²) in [5.41, 5.74) is 3.16. The van der Waals surface area contributed by atoms with Gasteiger partial charge >= 0.3 is 0 Å². The Labute approximate surface area is 117 Å². The SMILES string of the molecule is Cc1cc(NCc2ccccc2)nc2cc(O)ccc12. The molecule has 0 radical (unpaired) electrons. The van der Waals surface area contributed by atoms with Crippen molar-refractivity contribution in [3.05, 3.63) is 65.7 Å². The van der Waals surface area contributed by atoms with Gasteiger partial charge in [0.1, 0.15) is 11.6 Å². The Morgan fingerprint density at radius 3 is 2.65 bits per heavy atom. The number of hydrogen-bond donors (Lipinski definition) is 2. The number of nitrogens with zero attached hydrogens (tertiary/aromatic N) is 1. The van der Waals surface area contributed by atoms with E-state index in [4.69, 9.17) is 0 Å². The molecule has 100 valence electrons. The molecule has 0 spiro atoms. The maximum absolute atomic E-state index is 9.56. The highest BCUT2D eigenvalue weighted by molar-refractivity contribution is 5.85. The molecule has 2 N–H and O–H groups in total. The van der Waals surface area contributed by atoms with Crippen LogP contribution in [0.25, 0.3) is 10.9 Å². The standard InChI is InChI=1S/C17H16N2O/c1-12-9-17(18-11-13-5-3-2-4-6-13)19-16-10-14(20)7-8-15(12)16/h2-10,20H,11H2,1H3,(H,18,19). The summed E-state index contributed by atoms with van der Waals surface area (Å²) >= 11 is 0. The van der Waals surface area contributed by atoms with E-state index in [0.717, 1.165) is 28.8 Å². The molecule has 0 fully saturated rings. The zero-order valence-corrected chi connectivity index (χ0v) is 11.3. The molecule has 1 aromatic heterocycles. The maximum Gasteiger partial charge on any atom is 0.127 e. The molecule has 3 aromatic rings. The lowest BCUT2D eigenvalue weighted by molar-refractivity contribution is 0.476. The molecule has 0 aliphatic carbocycles. The van der Waals surface area contributed by atoms with Crippen molar-refractivity contribution in [3.8, 4) is 5.75 Å². The predicted octanol–water partition coefficient (Wildman–Crippen LogP) is 3.86. The molecular weight excluding hydrogens is 248 g/mol. The summed E-state index contributed by atoms with van der Waals surface area (Å²) in [7, 11) is 0. The average molecular weight is 264 g/mol. The lowest BCUT2D eigenvalue weighted by Crippen LogP contribution is -2.01. The van der Waals surface area contributed by atoms with E-state index in [1.165, 1.54) is 5.56 Å². The number of aromatic hydroxyl groups is 1. The number of rotatable bonds is 3. The summed E-state index contributed by atoms with van der Waals surface area (Å²) in [5.74, 6) is 1.06. The van der Waals surface area contributed by atoms with E-state index in [2.05, 4.69) is 29.4 Å². The molecule has 0 saturated heterocycles. The molecule has 20 heavy (non-hydrogen) atoms. The number of pyridine rings is 1. The van der Waals surface area contributed by atoms with Gasteiger partial charge in [-0.2, -0.15) is 0 Å². The first-order valence-corrected chi connectivity index (χ1v) is 6.60. The van der Waals surface area contributed by atoms with Crippen LogP contribution in [0.5, 0.6) is 5.75 Å². The van der Waals surface area contributed by atoms with Gasteiger partial charge in [-0.3, -0.25) is 0 Å². The summed E-state index contributed by atoms with van der Waals surface area (Å²) in [6.07, 6.45) is 0. The van der Waals surface area contributed by atoms with Crippen molar-refractivity contribution in [2.75, 3.05) is 5.32 Å². The fourth-order valence-electron chi connectivity index (χ4n) is 2.27. The second-order valence-corrected chi connectivity index (χ2v) is 4.86. The third kappa shape index (κ3) is 2.57. The van der Waals surface area contributed by atoms with Crippen molar-refractivity contribution in [3.63, 3.8) is 0 Å². The van der Waals surface area contributed by atoms with Crippen molar-refractivity contribution in [1.82, 2.24) is 4.98 Å². The van der Waals surface area contributed by atoms with Crippen molar-refractivity contribution in [1.29, 1.82) is 0 Å². The molecule has 0 aliphatic heterocycles. The van der Waals surface area contributed by atoms with Crippen LogP contribution < -0.4 is 5.32 Å². The van der Waals surface area contributed by atoms with E-state index in [1.807, 2.05) is 30.3 Å². The Balaban J connectivity index is 1.88. The number of benzene rings is 2. The second-order valence-electron chi connectivity index (χ2n) is 4.86. The molecule has 3 nitrogen and oxygen atoms in total. The number of fused-ring (bicyclic) bond motifs is 1. The van der Waals surface area contributed by atoms with Gasteiger partial charge in [0.2, 0.25) is 0 Å². The second kappa shape index (κ2) is 5.21. The van der Waals surface area contributed by atoms with Crippen LogP contribution >= 0.6 is 0 Å². The number of aromatic nitrogens is 1. The van der Waals surface area contributed by atoms with Gasteiger partial charge in [-0.25, -0.2) is 4.98 Å². The van der Waals surface area contributed by atoms with Gasteiger partial charge < -0.3 is 10.4 Å². The van der Waals surface area contributed by atoms with Gasteiger partial charge in [0.15, 0.2) is 0 Å². The third-order valence-electron chi connectivity index (χ3n) is 3.32. The number of aryl methyl sites for hydroxylation is 1. The van der Waals surface area contributed by atoms with E-state index < -0.39 is 0 Å². The summed E-state index contributed by atoms with van der Waals surface area (Å²) in [4.78, 5) is 4.54. The highest BCUT2D eigenvalue weighted by Gasteiger charge is 2.03. The Morgan fingerprint density at radius 2 is 1.85 bits per heavy atom. The highest BCUT2D eigenvalue weighted by Crippen LogP contribution is 2.23. The Hall–Kier alpha value is -2.55. The van der Waals surface area contributed by atoms with Gasteiger partial charge in [-0.15, -0.1) is 0 Å². The van der Waals surface area contributed by atoms with Gasteiger partial charge in [0, 0.05) is 18.0 Å².